The molecule has 2 aromatic rings. The number of carbonyl (C=O) groups excluding carboxylic acids is 1. The van der Waals surface area contributed by atoms with Gasteiger partial charge in [-0.2, -0.15) is 0 Å². The molecule has 0 spiro atoms. The number of amides is 1. The summed E-state index contributed by atoms with van der Waals surface area (Å²) >= 11 is 0. The van der Waals surface area contributed by atoms with Gasteiger partial charge >= 0.3 is 0 Å². The average molecular weight is 273 g/mol. The minimum Gasteiger partial charge on any atom is -0.469 e. The number of fused-ring (bicyclic) bond motifs is 1. The van der Waals surface area contributed by atoms with Crippen LogP contribution in [0.2, 0.25) is 0 Å². The van der Waals surface area contributed by atoms with E-state index in [0.29, 0.717) is 11.3 Å². The van der Waals surface area contributed by atoms with E-state index in [9.17, 15) is 4.79 Å². The molecule has 4 nitrogen and oxygen atoms in total. The van der Waals surface area contributed by atoms with Gasteiger partial charge in [0.2, 0.25) is 0 Å². The highest BCUT2D eigenvalue weighted by molar-refractivity contribution is 5.97. The molecule has 0 aromatic carbocycles. The van der Waals surface area contributed by atoms with Crippen molar-refractivity contribution < 1.29 is 13.6 Å². The number of nitrogens with one attached hydrogen (secondary N) is 1. The van der Waals surface area contributed by atoms with Crippen molar-refractivity contribution in [3.63, 3.8) is 0 Å². The molecule has 0 fully saturated rings. The van der Waals surface area contributed by atoms with Crippen LogP contribution in [0.1, 0.15) is 57.6 Å². The third-order valence-electron chi connectivity index (χ3n) is 4.15. The molecule has 0 aliphatic heterocycles. The van der Waals surface area contributed by atoms with Crippen LogP contribution in [0.4, 0.5) is 0 Å². The van der Waals surface area contributed by atoms with Gasteiger partial charge in [-0.25, -0.2) is 0 Å². The summed E-state index contributed by atoms with van der Waals surface area (Å²) in [4.78, 5) is 12.5. The SMILES string of the molecule is Cc1oc(C)c(C(=O)N[C@H]2CCCc3occc32)c1C. The lowest BCUT2D eigenvalue weighted by Crippen LogP contribution is -2.31. The molecule has 0 bridgehead atoms. The van der Waals surface area contributed by atoms with Gasteiger partial charge in [0.1, 0.15) is 17.3 Å². The van der Waals surface area contributed by atoms with Crippen LogP contribution in [0.5, 0.6) is 0 Å². The third-order valence-corrected chi connectivity index (χ3v) is 4.15. The number of furan rings is 2. The van der Waals surface area contributed by atoms with Gasteiger partial charge < -0.3 is 14.2 Å². The molecule has 1 atom stereocenters. The third kappa shape index (κ3) is 2.05. The van der Waals surface area contributed by atoms with E-state index in [-0.39, 0.29) is 11.9 Å². The summed E-state index contributed by atoms with van der Waals surface area (Å²) in [5.41, 5.74) is 2.70. The van der Waals surface area contributed by atoms with E-state index >= 15 is 0 Å². The molecule has 0 unspecified atom stereocenters. The quantitative estimate of drug-likeness (QED) is 0.909. The molecule has 2 aromatic heterocycles. The molecule has 2 heterocycles. The van der Waals surface area contributed by atoms with Crippen LogP contribution in [0, 0.1) is 20.8 Å². The first kappa shape index (κ1) is 13.0. The molecule has 0 radical (unpaired) electrons. The molecular formula is C16H19NO3. The molecule has 1 aliphatic carbocycles. The van der Waals surface area contributed by atoms with Crippen molar-refractivity contribution in [1.29, 1.82) is 0 Å². The van der Waals surface area contributed by atoms with Crippen LogP contribution in [-0.2, 0) is 6.42 Å². The molecule has 0 saturated heterocycles. The van der Waals surface area contributed by atoms with E-state index in [1.165, 1.54) is 0 Å². The summed E-state index contributed by atoms with van der Waals surface area (Å²) < 4.78 is 11.0. The van der Waals surface area contributed by atoms with Crippen LogP contribution in [0.3, 0.4) is 0 Å². The predicted molar refractivity (Wildman–Crippen MR) is 74.8 cm³/mol. The Morgan fingerprint density at radius 1 is 1.30 bits per heavy atom. The first-order chi connectivity index (χ1) is 9.58. The lowest BCUT2D eigenvalue weighted by Gasteiger charge is -2.22. The normalized spacial score (nSPS) is 17.9. The van der Waals surface area contributed by atoms with E-state index < -0.39 is 0 Å². The Bertz CT molecular complexity index is 651. The predicted octanol–water partition coefficient (Wildman–Crippen LogP) is 3.61. The first-order valence-electron chi connectivity index (χ1n) is 7.01. The highest BCUT2D eigenvalue weighted by Gasteiger charge is 2.26. The number of hydrogen-bond donors (Lipinski definition) is 1. The minimum atomic E-state index is -0.0594. The Kier molecular flexibility index (Phi) is 3.16. The maximum atomic E-state index is 12.5. The maximum Gasteiger partial charge on any atom is 0.255 e. The van der Waals surface area contributed by atoms with Crippen LogP contribution in [-0.4, -0.2) is 5.91 Å². The zero-order valence-electron chi connectivity index (χ0n) is 12.1. The van der Waals surface area contributed by atoms with Crippen LogP contribution in [0.25, 0.3) is 0 Å². The summed E-state index contributed by atoms with van der Waals surface area (Å²) in [5.74, 6) is 2.43. The van der Waals surface area contributed by atoms with Gasteiger partial charge in [-0.05, 0) is 39.7 Å². The van der Waals surface area contributed by atoms with Crippen molar-refractivity contribution in [1.82, 2.24) is 5.32 Å². The molecule has 20 heavy (non-hydrogen) atoms. The minimum absolute atomic E-state index is 0.0407. The van der Waals surface area contributed by atoms with Crippen LogP contribution >= 0.6 is 0 Å². The zero-order chi connectivity index (χ0) is 14.3. The second-order valence-corrected chi connectivity index (χ2v) is 5.43. The molecule has 0 saturated carbocycles. The number of hydrogen-bond acceptors (Lipinski definition) is 3. The van der Waals surface area contributed by atoms with Crippen molar-refractivity contribution in [2.75, 3.05) is 0 Å². The van der Waals surface area contributed by atoms with Crippen molar-refractivity contribution in [3.8, 4) is 0 Å². The summed E-state index contributed by atoms with van der Waals surface area (Å²) in [6.45, 7) is 5.64. The van der Waals surface area contributed by atoms with Gasteiger partial charge in [0.05, 0.1) is 17.9 Å². The fraction of sp³-hybridized carbons (Fsp3) is 0.438. The largest absolute Gasteiger partial charge is 0.469 e. The average Bonchev–Trinajstić information content (AvgIpc) is 2.96. The molecule has 1 amide bonds. The second kappa shape index (κ2) is 4.85. The van der Waals surface area contributed by atoms with Crippen molar-refractivity contribution in [3.05, 3.63) is 46.3 Å². The van der Waals surface area contributed by atoms with E-state index in [1.54, 1.807) is 6.26 Å². The number of rotatable bonds is 2. The van der Waals surface area contributed by atoms with E-state index in [4.69, 9.17) is 8.83 Å². The van der Waals surface area contributed by atoms with E-state index in [2.05, 4.69) is 5.32 Å². The monoisotopic (exact) mass is 273 g/mol. The van der Waals surface area contributed by atoms with Gasteiger partial charge in [0, 0.05) is 17.5 Å². The maximum absolute atomic E-state index is 12.5. The second-order valence-electron chi connectivity index (χ2n) is 5.43. The Morgan fingerprint density at radius 3 is 2.80 bits per heavy atom. The molecule has 4 heteroatoms. The molecule has 106 valence electrons. The Morgan fingerprint density at radius 2 is 2.10 bits per heavy atom. The molecule has 1 aliphatic rings. The number of aryl methyl sites for hydroxylation is 3. The Labute approximate surface area is 118 Å². The van der Waals surface area contributed by atoms with Crippen LogP contribution in [0.15, 0.2) is 21.2 Å². The highest BCUT2D eigenvalue weighted by Crippen LogP contribution is 2.31. The lowest BCUT2D eigenvalue weighted by atomic mass is 9.93. The van der Waals surface area contributed by atoms with E-state index in [0.717, 1.165) is 41.9 Å². The standard InChI is InChI=1S/C16H19NO3/c1-9-10(2)20-11(3)15(9)16(18)17-13-5-4-6-14-12(13)7-8-19-14/h7-8,13H,4-6H2,1-3H3,(H,17,18)/t13-/m0/s1. The molecule has 1 N–H and O–H groups in total. The topological polar surface area (TPSA) is 55.4 Å². The summed E-state index contributed by atoms with van der Waals surface area (Å²) in [7, 11) is 0. The highest BCUT2D eigenvalue weighted by atomic mass is 16.3. The van der Waals surface area contributed by atoms with Crippen LogP contribution < -0.4 is 5.32 Å². The summed E-state index contributed by atoms with van der Waals surface area (Å²) in [6.07, 6.45) is 4.65. The van der Waals surface area contributed by atoms with Crippen molar-refractivity contribution in [2.24, 2.45) is 0 Å². The fourth-order valence-electron chi connectivity index (χ4n) is 2.99. The molecular weight excluding hydrogens is 254 g/mol. The Balaban J connectivity index is 1.84. The van der Waals surface area contributed by atoms with E-state index in [1.807, 2.05) is 26.8 Å². The summed E-state index contributed by atoms with van der Waals surface area (Å²) in [6, 6.07) is 2.00. The lowest BCUT2D eigenvalue weighted by molar-refractivity contribution is 0.0930. The van der Waals surface area contributed by atoms with Crippen molar-refractivity contribution >= 4 is 5.91 Å². The van der Waals surface area contributed by atoms with Crippen molar-refractivity contribution in [2.45, 2.75) is 46.1 Å². The summed E-state index contributed by atoms with van der Waals surface area (Å²) in [5, 5.41) is 3.11. The first-order valence-corrected chi connectivity index (χ1v) is 7.01. The van der Waals surface area contributed by atoms with Gasteiger partial charge in [0.15, 0.2) is 0 Å². The smallest absolute Gasteiger partial charge is 0.255 e. The van der Waals surface area contributed by atoms with Gasteiger partial charge in [-0.3, -0.25) is 4.79 Å². The Hall–Kier alpha value is -1.97. The molecule has 3 rings (SSSR count). The van der Waals surface area contributed by atoms with Gasteiger partial charge in [-0.15, -0.1) is 0 Å². The zero-order valence-corrected chi connectivity index (χ0v) is 12.1. The fourth-order valence-corrected chi connectivity index (χ4v) is 2.99. The van der Waals surface area contributed by atoms with Gasteiger partial charge in [-0.1, -0.05) is 0 Å². The number of carbonyl (C=O) groups is 1. The van der Waals surface area contributed by atoms with Gasteiger partial charge in [0.25, 0.3) is 5.91 Å².